The summed E-state index contributed by atoms with van der Waals surface area (Å²) in [4.78, 5) is 24.6. The number of nitrogens with zero attached hydrogens (tertiary/aromatic N) is 3. The Morgan fingerprint density at radius 3 is 2.75 bits per heavy atom. The van der Waals surface area contributed by atoms with E-state index < -0.39 is 0 Å². The molecule has 3 heterocycles. The molecular weight excluding hydrogens is 420 g/mol. The van der Waals surface area contributed by atoms with Crippen LogP contribution in [0.2, 0.25) is 0 Å². The van der Waals surface area contributed by atoms with Gasteiger partial charge in [0.05, 0.1) is 17.5 Å². The van der Waals surface area contributed by atoms with Gasteiger partial charge in [-0.15, -0.1) is 0 Å². The smallest absolute Gasteiger partial charge is 0.257 e. The molecule has 2 aliphatic rings. The van der Waals surface area contributed by atoms with E-state index in [-0.39, 0.29) is 5.91 Å². The number of pyridine rings is 1. The molecule has 32 heavy (non-hydrogen) atoms. The van der Waals surface area contributed by atoms with Crippen molar-refractivity contribution in [1.82, 2.24) is 14.9 Å². The molecule has 168 valence electrons. The van der Waals surface area contributed by atoms with Crippen LogP contribution in [-0.4, -0.2) is 41.0 Å². The first-order valence-corrected chi connectivity index (χ1v) is 12.5. The summed E-state index contributed by atoms with van der Waals surface area (Å²) >= 11 is 1.55. The van der Waals surface area contributed by atoms with E-state index in [9.17, 15) is 4.79 Å². The highest BCUT2D eigenvalue weighted by Gasteiger charge is 2.22. The average molecular weight is 451 g/mol. The molecular formula is C25H30N4O2S. The molecule has 1 saturated carbocycles. The lowest BCUT2D eigenvalue weighted by Gasteiger charge is -2.22. The van der Waals surface area contributed by atoms with E-state index in [0.717, 1.165) is 41.3 Å². The molecule has 0 unspecified atom stereocenters. The SMILES string of the molecule is COc1ccc(C2CCCCC2)c2sc(NC(=O)c3ccnc(CN4CCCC4)c3)nc12. The average Bonchev–Trinajstić information content (AvgIpc) is 3.49. The number of hydrogen-bond acceptors (Lipinski definition) is 6. The minimum absolute atomic E-state index is 0.146. The highest BCUT2D eigenvalue weighted by Crippen LogP contribution is 2.42. The summed E-state index contributed by atoms with van der Waals surface area (Å²) < 4.78 is 6.71. The fourth-order valence-corrected chi connectivity index (χ4v) is 6.07. The number of rotatable bonds is 6. The molecule has 1 N–H and O–H groups in total. The van der Waals surface area contributed by atoms with Crippen molar-refractivity contribution in [2.24, 2.45) is 0 Å². The van der Waals surface area contributed by atoms with Gasteiger partial charge in [0.1, 0.15) is 11.3 Å². The van der Waals surface area contributed by atoms with Crippen LogP contribution in [0.15, 0.2) is 30.5 Å². The van der Waals surface area contributed by atoms with Crippen molar-refractivity contribution in [1.29, 1.82) is 0 Å². The Morgan fingerprint density at radius 2 is 1.97 bits per heavy atom. The Bertz CT molecular complexity index is 1100. The molecule has 0 atom stereocenters. The molecule has 1 saturated heterocycles. The van der Waals surface area contributed by atoms with Gasteiger partial charge in [-0.1, -0.05) is 36.7 Å². The Kier molecular flexibility index (Phi) is 6.37. The summed E-state index contributed by atoms with van der Waals surface area (Å²) in [5.41, 5.74) is 3.74. The lowest BCUT2D eigenvalue weighted by atomic mass is 9.84. The molecule has 0 bridgehead atoms. The first-order valence-electron chi connectivity index (χ1n) is 11.7. The van der Waals surface area contributed by atoms with Crippen LogP contribution in [0, 0.1) is 0 Å². The number of nitrogens with one attached hydrogen (secondary N) is 1. The maximum absolute atomic E-state index is 13.0. The van der Waals surface area contributed by atoms with Crippen molar-refractivity contribution in [3.8, 4) is 5.75 Å². The minimum atomic E-state index is -0.146. The zero-order chi connectivity index (χ0) is 21.9. The monoisotopic (exact) mass is 450 g/mol. The number of methoxy groups -OCH3 is 1. The highest BCUT2D eigenvalue weighted by atomic mass is 32.1. The van der Waals surface area contributed by atoms with Gasteiger partial charge in [0.15, 0.2) is 5.13 Å². The van der Waals surface area contributed by atoms with Crippen molar-refractivity contribution in [3.63, 3.8) is 0 Å². The van der Waals surface area contributed by atoms with E-state index in [2.05, 4.69) is 21.3 Å². The molecule has 2 fully saturated rings. The van der Waals surface area contributed by atoms with E-state index >= 15 is 0 Å². The summed E-state index contributed by atoms with van der Waals surface area (Å²) in [5, 5.41) is 3.64. The van der Waals surface area contributed by atoms with Crippen molar-refractivity contribution < 1.29 is 9.53 Å². The van der Waals surface area contributed by atoms with Crippen molar-refractivity contribution in [2.45, 2.75) is 57.4 Å². The van der Waals surface area contributed by atoms with Gasteiger partial charge in [-0.05, 0) is 68.5 Å². The molecule has 1 aromatic carbocycles. The molecule has 0 spiro atoms. The quantitative estimate of drug-likeness (QED) is 0.530. The Labute approximate surface area is 193 Å². The number of thiazole rings is 1. The van der Waals surface area contributed by atoms with E-state index in [1.165, 1.54) is 50.5 Å². The molecule has 0 radical (unpaired) electrons. The number of amides is 1. The van der Waals surface area contributed by atoms with Gasteiger partial charge in [-0.2, -0.15) is 0 Å². The van der Waals surface area contributed by atoms with Crippen LogP contribution in [0.1, 0.15) is 72.5 Å². The van der Waals surface area contributed by atoms with Crippen LogP contribution in [0.25, 0.3) is 10.2 Å². The van der Waals surface area contributed by atoms with Gasteiger partial charge < -0.3 is 4.74 Å². The number of fused-ring (bicyclic) bond motifs is 1. The molecule has 7 heteroatoms. The van der Waals surface area contributed by atoms with Crippen molar-refractivity contribution in [2.75, 3.05) is 25.5 Å². The number of aromatic nitrogens is 2. The van der Waals surface area contributed by atoms with Gasteiger partial charge in [-0.25, -0.2) is 4.98 Å². The van der Waals surface area contributed by atoms with Crippen LogP contribution in [-0.2, 0) is 6.54 Å². The van der Waals surface area contributed by atoms with Gasteiger partial charge >= 0.3 is 0 Å². The number of carbonyl (C=O) groups excluding carboxylic acids is 1. The third-order valence-corrected chi connectivity index (χ3v) is 7.71. The predicted molar refractivity (Wildman–Crippen MR) is 129 cm³/mol. The summed E-state index contributed by atoms with van der Waals surface area (Å²) in [6, 6.07) is 7.87. The van der Waals surface area contributed by atoms with Gasteiger partial charge in [0, 0.05) is 18.3 Å². The van der Waals surface area contributed by atoms with Crippen LogP contribution in [0.5, 0.6) is 5.75 Å². The molecule has 6 nitrogen and oxygen atoms in total. The van der Waals surface area contributed by atoms with E-state index in [1.54, 1.807) is 30.7 Å². The number of anilines is 1. The van der Waals surface area contributed by atoms with E-state index in [4.69, 9.17) is 9.72 Å². The zero-order valence-corrected chi connectivity index (χ0v) is 19.4. The Hall–Kier alpha value is -2.51. The number of benzene rings is 1. The van der Waals surface area contributed by atoms with Gasteiger partial charge in [-0.3, -0.25) is 20.0 Å². The first-order chi connectivity index (χ1) is 15.7. The van der Waals surface area contributed by atoms with Crippen LogP contribution in [0.4, 0.5) is 5.13 Å². The second-order valence-electron chi connectivity index (χ2n) is 8.86. The lowest BCUT2D eigenvalue weighted by molar-refractivity contribution is 0.102. The van der Waals surface area contributed by atoms with Crippen molar-refractivity contribution in [3.05, 3.63) is 47.3 Å². The fourth-order valence-electron chi connectivity index (χ4n) is 5.00. The number of likely N-dealkylation sites (tertiary alicyclic amines) is 1. The standard InChI is InChI=1S/C25H30N4O2S/c1-31-21-10-9-20(17-7-3-2-4-8-17)23-22(21)27-25(32-23)28-24(30)18-11-12-26-19(15-18)16-29-13-5-6-14-29/h9-12,15,17H,2-8,13-14,16H2,1H3,(H,27,28,30). The molecule has 2 aromatic heterocycles. The summed E-state index contributed by atoms with van der Waals surface area (Å²) in [6.45, 7) is 3.01. The topological polar surface area (TPSA) is 67.3 Å². The molecule has 1 aliphatic heterocycles. The summed E-state index contributed by atoms with van der Waals surface area (Å²) in [7, 11) is 1.67. The third-order valence-electron chi connectivity index (χ3n) is 6.69. The molecule has 1 amide bonds. The van der Waals surface area contributed by atoms with Crippen LogP contribution >= 0.6 is 11.3 Å². The number of ether oxygens (including phenoxy) is 1. The zero-order valence-electron chi connectivity index (χ0n) is 18.6. The second-order valence-corrected chi connectivity index (χ2v) is 9.86. The van der Waals surface area contributed by atoms with Crippen molar-refractivity contribution >= 4 is 32.6 Å². The third kappa shape index (κ3) is 4.50. The second kappa shape index (κ2) is 9.55. The minimum Gasteiger partial charge on any atom is -0.494 e. The van der Waals surface area contributed by atoms with Gasteiger partial charge in [0.2, 0.25) is 0 Å². The number of carbonyl (C=O) groups is 1. The summed E-state index contributed by atoms with van der Waals surface area (Å²) in [5.74, 6) is 1.18. The molecule has 3 aromatic rings. The maximum Gasteiger partial charge on any atom is 0.257 e. The molecule has 5 rings (SSSR count). The van der Waals surface area contributed by atoms with Crippen LogP contribution < -0.4 is 10.1 Å². The fraction of sp³-hybridized carbons (Fsp3) is 0.480. The van der Waals surface area contributed by atoms with Crippen LogP contribution in [0.3, 0.4) is 0 Å². The Morgan fingerprint density at radius 1 is 1.16 bits per heavy atom. The largest absolute Gasteiger partial charge is 0.494 e. The lowest BCUT2D eigenvalue weighted by Crippen LogP contribution is -2.20. The first kappa shape index (κ1) is 21.3. The highest BCUT2D eigenvalue weighted by molar-refractivity contribution is 7.22. The van der Waals surface area contributed by atoms with Gasteiger partial charge in [0.25, 0.3) is 5.91 Å². The van der Waals surface area contributed by atoms with E-state index in [1.807, 2.05) is 12.1 Å². The van der Waals surface area contributed by atoms with E-state index in [0.29, 0.717) is 16.6 Å². The molecule has 1 aliphatic carbocycles. The summed E-state index contributed by atoms with van der Waals surface area (Å²) in [6.07, 6.45) is 10.5. The number of hydrogen-bond donors (Lipinski definition) is 1. The Balaban J connectivity index is 1.38. The predicted octanol–water partition coefficient (Wildman–Crippen LogP) is 5.60. The normalized spacial score (nSPS) is 17.7. The maximum atomic E-state index is 13.0.